The topological polar surface area (TPSA) is 161 Å². The number of nitrogens with two attached hydrogens (primary N) is 2. The van der Waals surface area contributed by atoms with E-state index in [4.69, 9.17) is 15.9 Å². The predicted molar refractivity (Wildman–Crippen MR) is 93.0 cm³/mol. The number of guanidine groups is 1. The maximum atomic E-state index is 12.0. The van der Waals surface area contributed by atoms with E-state index < -0.39 is 19.7 Å². The van der Waals surface area contributed by atoms with Crippen LogP contribution in [0.5, 0.6) is 0 Å². The van der Waals surface area contributed by atoms with E-state index >= 15 is 0 Å². The average molecular weight is 379 g/mol. The lowest BCUT2D eigenvalue weighted by Gasteiger charge is -2.31. The molecule has 0 spiro atoms. The second-order valence-corrected chi connectivity index (χ2v) is 6.40. The molecule has 2 heterocycles. The Bertz CT molecular complexity index is 978. The van der Waals surface area contributed by atoms with Crippen molar-refractivity contribution in [3.05, 3.63) is 46.1 Å². The highest BCUT2D eigenvalue weighted by molar-refractivity contribution is 7.30. The fraction of sp³-hybridized carbons (Fsp3) is 0.333. The van der Waals surface area contributed by atoms with Gasteiger partial charge >= 0.3 is 14.0 Å². The number of fused-ring (bicyclic) bond motifs is 1. The number of rotatable bonds is 6. The summed E-state index contributed by atoms with van der Waals surface area (Å²) < 4.78 is 21.5. The van der Waals surface area contributed by atoms with Crippen molar-refractivity contribution in [2.45, 2.75) is 25.6 Å². The van der Waals surface area contributed by atoms with Crippen molar-refractivity contribution < 1.29 is 18.4 Å². The number of aliphatic imine (C=N–C) groups is 1. The fourth-order valence-corrected chi connectivity index (χ4v) is 3.13. The smallest absolute Gasteiger partial charge is 0.488 e. The number of aromatic nitrogens is 1. The van der Waals surface area contributed by atoms with E-state index in [1.54, 1.807) is 24.4 Å². The van der Waals surface area contributed by atoms with Gasteiger partial charge in [0.2, 0.25) is 0 Å². The second-order valence-electron chi connectivity index (χ2n) is 5.69. The van der Waals surface area contributed by atoms with Crippen molar-refractivity contribution >= 4 is 25.3 Å². The standard InChI is InChI=1S/C15H18N5O5P/c1-2-9-8-18-13(16)19-15(9,17)10-3-4-12-11(7-10)20(14(21)25-12)5-6-24-26(22)23/h3-4,7-8H,2,5-6,17H2,1H3,(H3,16,18,19). The Morgan fingerprint density at radius 3 is 2.96 bits per heavy atom. The van der Waals surface area contributed by atoms with Crippen molar-refractivity contribution in [1.82, 2.24) is 9.88 Å². The van der Waals surface area contributed by atoms with Gasteiger partial charge in [0.15, 0.2) is 17.2 Å². The molecule has 2 unspecified atom stereocenters. The van der Waals surface area contributed by atoms with Crippen LogP contribution in [0.2, 0.25) is 0 Å². The van der Waals surface area contributed by atoms with Crippen LogP contribution in [-0.2, 0) is 21.3 Å². The van der Waals surface area contributed by atoms with Crippen molar-refractivity contribution in [3.63, 3.8) is 0 Å². The highest BCUT2D eigenvalue weighted by atomic mass is 31.1. The molecule has 10 nitrogen and oxygen atoms in total. The fourth-order valence-electron chi connectivity index (χ4n) is 2.90. The third-order valence-electron chi connectivity index (χ3n) is 4.18. The van der Waals surface area contributed by atoms with Gasteiger partial charge < -0.3 is 20.4 Å². The number of hydrogen-bond donors (Lipinski definition) is 3. The Morgan fingerprint density at radius 2 is 2.27 bits per heavy atom. The molecule has 11 heteroatoms. The van der Waals surface area contributed by atoms with Gasteiger partial charge in [-0.3, -0.25) is 10.3 Å². The Hall–Kier alpha value is -2.52. The Labute approximate surface area is 149 Å². The van der Waals surface area contributed by atoms with Crippen molar-refractivity contribution in [2.75, 3.05) is 6.61 Å². The van der Waals surface area contributed by atoms with Gasteiger partial charge in [-0.15, -0.1) is 4.52 Å². The minimum atomic E-state index is -2.99. The van der Waals surface area contributed by atoms with E-state index in [-0.39, 0.29) is 19.1 Å². The summed E-state index contributed by atoms with van der Waals surface area (Å²) in [6, 6.07) is 5.02. The van der Waals surface area contributed by atoms with Crippen LogP contribution in [0.1, 0.15) is 18.9 Å². The minimum absolute atomic E-state index is 0.0135. The largest absolute Gasteiger partial charge is 0.566 e. The molecule has 1 aliphatic rings. The normalized spacial score (nSPS) is 20.5. The molecule has 1 aromatic heterocycles. The van der Waals surface area contributed by atoms with E-state index in [0.717, 1.165) is 5.57 Å². The molecule has 2 atom stereocenters. The Balaban J connectivity index is 2.05. The van der Waals surface area contributed by atoms with Crippen molar-refractivity contribution in [3.8, 4) is 0 Å². The van der Waals surface area contributed by atoms with E-state index in [0.29, 0.717) is 23.1 Å². The van der Waals surface area contributed by atoms with E-state index in [1.165, 1.54) is 4.57 Å². The van der Waals surface area contributed by atoms with Crippen LogP contribution in [0.15, 0.2) is 44.2 Å². The summed E-state index contributed by atoms with van der Waals surface area (Å²) in [5.41, 5.74) is 13.4. The van der Waals surface area contributed by atoms with Crippen LogP contribution in [-0.4, -0.2) is 17.1 Å². The zero-order valence-electron chi connectivity index (χ0n) is 14.0. The zero-order chi connectivity index (χ0) is 18.9. The van der Waals surface area contributed by atoms with Crippen LogP contribution in [0.3, 0.4) is 0 Å². The summed E-state index contributed by atoms with van der Waals surface area (Å²) in [5.74, 6) is -0.436. The van der Waals surface area contributed by atoms with Gasteiger partial charge in [0.05, 0.1) is 12.1 Å². The minimum Gasteiger partial charge on any atom is -0.566 e. The SMILES string of the molecule is CCC1=CNC(N)=NC1(N)c1ccc2oc(=O)n(CCO[P+](=O)[O-])c2c1. The first-order valence-corrected chi connectivity index (χ1v) is 8.96. The lowest BCUT2D eigenvalue weighted by Crippen LogP contribution is -2.45. The highest BCUT2D eigenvalue weighted by Gasteiger charge is 2.34. The third-order valence-corrected chi connectivity index (χ3v) is 4.57. The lowest BCUT2D eigenvalue weighted by atomic mass is 9.90. The average Bonchev–Trinajstić information content (AvgIpc) is 2.89. The summed E-state index contributed by atoms with van der Waals surface area (Å²) in [5, 5.41) is 2.84. The Kier molecular flexibility index (Phi) is 4.92. The van der Waals surface area contributed by atoms with Crippen molar-refractivity contribution in [1.29, 1.82) is 0 Å². The van der Waals surface area contributed by atoms with Crippen LogP contribution in [0.4, 0.5) is 0 Å². The molecule has 1 aliphatic heterocycles. The number of benzene rings is 1. The van der Waals surface area contributed by atoms with Crippen LogP contribution >= 0.6 is 8.25 Å². The molecule has 0 bridgehead atoms. The summed E-state index contributed by atoms with van der Waals surface area (Å²) in [4.78, 5) is 26.9. The number of hydrogen-bond acceptors (Lipinski definition) is 9. The van der Waals surface area contributed by atoms with E-state index in [2.05, 4.69) is 14.8 Å². The molecule has 2 aromatic rings. The van der Waals surface area contributed by atoms with Gasteiger partial charge in [0.25, 0.3) is 0 Å². The Morgan fingerprint density at radius 1 is 1.50 bits per heavy atom. The lowest BCUT2D eigenvalue weighted by molar-refractivity contribution is -0.185. The van der Waals surface area contributed by atoms with Gasteiger partial charge in [-0.1, -0.05) is 13.0 Å². The third kappa shape index (κ3) is 3.27. The molecule has 26 heavy (non-hydrogen) atoms. The number of nitrogens with zero attached hydrogens (tertiary/aromatic N) is 2. The number of nitrogens with one attached hydrogen (secondary N) is 1. The first-order chi connectivity index (χ1) is 12.3. The van der Waals surface area contributed by atoms with Gasteiger partial charge in [-0.2, -0.15) is 0 Å². The van der Waals surface area contributed by atoms with Crippen LogP contribution in [0.25, 0.3) is 11.1 Å². The first-order valence-electron chi connectivity index (χ1n) is 7.86. The summed E-state index contributed by atoms with van der Waals surface area (Å²) in [7, 11) is -2.99. The molecule has 0 amide bonds. The summed E-state index contributed by atoms with van der Waals surface area (Å²) in [6.07, 6.45) is 2.36. The molecule has 5 N–H and O–H groups in total. The molecule has 0 fully saturated rings. The van der Waals surface area contributed by atoms with Gasteiger partial charge in [-0.25, -0.2) is 9.79 Å². The summed E-state index contributed by atoms with van der Waals surface area (Å²) >= 11 is 0. The monoisotopic (exact) mass is 379 g/mol. The van der Waals surface area contributed by atoms with Crippen molar-refractivity contribution in [2.24, 2.45) is 16.5 Å². The van der Waals surface area contributed by atoms with Gasteiger partial charge in [0.1, 0.15) is 6.61 Å². The molecular formula is C15H18N5O5P. The molecule has 138 valence electrons. The van der Waals surface area contributed by atoms with Crippen LogP contribution in [0, 0.1) is 0 Å². The molecule has 0 radical (unpaired) electrons. The predicted octanol–water partition coefficient (Wildman–Crippen LogP) is -0.0479. The maximum absolute atomic E-state index is 12.0. The highest BCUT2D eigenvalue weighted by Crippen LogP contribution is 2.33. The quantitative estimate of drug-likeness (QED) is 0.589. The molecule has 0 aliphatic carbocycles. The first kappa shape index (κ1) is 18.3. The van der Waals surface area contributed by atoms with E-state index in [1.807, 2.05) is 6.92 Å². The zero-order valence-corrected chi connectivity index (χ0v) is 14.9. The molecule has 0 saturated heterocycles. The molecule has 3 rings (SSSR count). The van der Waals surface area contributed by atoms with E-state index in [9.17, 15) is 14.3 Å². The molecule has 1 aromatic carbocycles. The molecular weight excluding hydrogens is 361 g/mol. The number of oxazole rings is 1. The summed E-state index contributed by atoms with van der Waals surface area (Å²) in [6.45, 7) is 1.78. The van der Waals surface area contributed by atoms with Gasteiger partial charge in [0, 0.05) is 11.8 Å². The van der Waals surface area contributed by atoms with Gasteiger partial charge in [-0.05, 0) is 28.7 Å². The maximum Gasteiger partial charge on any atom is 0.488 e. The molecule has 0 saturated carbocycles. The second kappa shape index (κ2) is 7.00. The van der Waals surface area contributed by atoms with Crippen LogP contribution < -0.4 is 27.4 Å².